The summed E-state index contributed by atoms with van der Waals surface area (Å²) < 4.78 is 26.3. The molecule has 0 amide bonds. The third-order valence-corrected chi connectivity index (χ3v) is 4.76. The van der Waals surface area contributed by atoms with Crippen molar-refractivity contribution in [2.45, 2.75) is 6.61 Å². The number of halogens is 1. The van der Waals surface area contributed by atoms with Gasteiger partial charge in [-0.3, -0.25) is 0 Å². The van der Waals surface area contributed by atoms with Crippen LogP contribution in [0.25, 0.3) is 11.4 Å². The van der Waals surface area contributed by atoms with Crippen LogP contribution in [0, 0.1) is 10.6 Å². The van der Waals surface area contributed by atoms with Gasteiger partial charge in [0.2, 0.25) is 4.77 Å². The fourth-order valence-corrected chi connectivity index (χ4v) is 3.10. The van der Waals surface area contributed by atoms with Crippen LogP contribution in [-0.2, 0) is 6.61 Å². The molecule has 156 valence electrons. The van der Waals surface area contributed by atoms with Crippen molar-refractivity contribution in [3.63, 3.8) is 0 Å². The first-order valence-electron chi connectivity index (χ1n) is 9.46. The molecule has 0 fully saturated rings. The average Bonchev–Trinajstić information content (AvgIpc) is 3.18. The highest BCUT2D eigenvalue weighted by atomic mass is 32.1. The highest BCUT2D eigenvalue weighted by molar-refractivity contribution is 7.71. The molecule has 31 heavy (non-hydrogen) atoms. The molecule has 0 bridgehead atoms. The number of aromatic nitrogens is 3. The predicted molar refractivity (Wildman–Crippen MR) is 120 cm³/mol. The average molecular weight is 434 g/mol. The standard InChI is InChI=1S/C23H19FN4O2S/c1-29-21-13-17(9-12-20(21)30-15-16-7-10-19(24)11-8-16)14-25-28-22(26-27-23(28)31)18-5-3-2-4-6-18/h2-14H,15H2,1H3,(H,27,31)/b25-14-. The Hall–Kier alpha value is -3.78. The number of ether oxygens (including phenoxy) is 2. The van der Waals surface area contributed by atoms with Gasteiger partial charge in [-0.15, -0.1) is 0 Å². The number of hydrogen-bond donors (Lipinski definition) is 1. The zero-order valence-electron chi connectivity index (χ0n) is 16.7. The Morgan fingerprint density at radius 1 is 1.06 bits per heavy atom. The van der Waals surface area contributed by atoms with Gasteiger partial charge in [0.15, 0.2) is 17.3 Å². The minimum absolute atomic E-state index is 0.280. The molecule has 6 nitrogen and oxygen atoms in total. The molecule has 0 spiro atoms. The summed E-state index contributed by atoms with van der Waals surface area (Å²) in [5.41, 5.74) is 2.55. The fraction of sp³-hybridized carbons (Fsp3) is 0.0870. The van der Waals surface area contributed by atoms with E-state index in [4.69, 9.17) is 21.7 Å². The van der Waals surface area contributed by atoms with E-state index in [1.54, 1.807) is 36.2 Å². The molecule has 0 saturated carbocycles. The van der Waals surface area contributed by atoms with Crippen LogP contribution in [0.2, 0.25) is 0 Å². The molecule has 4 aromatic rings. The zero-order chi connectivity index (χ0) is 21.6. The normalized spacial score (nSPS) is 11.0. The molecule has 1 N–H and O–H groups in total. The lowest BCUT2D eigenvalue weighted by Crippen LogP contribution is -1.99. The molecule has 0 unspecified atom stereocenters. The molecule has 0 aliphatic heterocycles. The summed E-state index contributed by atoms with van der Waals surface area (Å²) >= 11 is 5.31. The van der Waals surface area contributed by atoms with Crippen LogP contribution in [0.4, 0.5) is 4.39 Å². The van der Waals surface area contributed by atoms with E-state index in [2.05, 4.69) is 15.3 Å². The smallest absolute Gasteiger partial charge is 0.216 e. The van der Waals surface area contributed by atoms with Crippen molar-refractivity contribution in [2.75, 3.05) is 7.11 Å². The monoisotopic (exact) mass is 434 g/mol. The van der Waals surface area contributed by atoms with Gasteiger partial charge in [-0.05, 0) is 53.7 Å². The first-order chi connectivity index (χ1) is 15.1. The minimum atomic E-state index is -0.280. The molecule has 0 aliphatic carbocycles. The molecule has 1 heterocycles. The summed E-state index contributed by atoms with van der Waals surface area (Å²) in [6.45, 7) is 0.300. The Balaban J connectivity index is 1.53. The van der Waals surface area contributed by atoms with Gasteiger partial charge in [0, 0.05) is 5.56 Å². The second kappa shape index (κ2) is 9.36. The molecule has 0 radical (unpaired) electrons. The maximum atomic E-state index is 13.0. The Labute approximate surface area is 183 Å². The number of H-pyrrole nitrogens is 1. The van der Waals surface area contributed by atoms with Gasteiger partial charge in [-0.2, -0.15) is 14.9 Å². The summed E-state index contributed by atoms with van der Waals surface area (Å²) in [5, 5.41) is 11.5. The first kappa shape index (κ1) is 20.5. The molecule has 3 aromatic carbocycles. The largest absolute Gasteiger partial charge is 0.493 e. The van der Waals surface area contributed by atoms with Gasteiger partial charge >= 0.3 is 0 Å². The van der Waals surface area contributed by atoms with Gasteiger partial charge in [0.05, 0.1) is 13.3 Å². The number of hydrogen-bond acceptors (Lipinski definition) is 5. The van der Waals surface area contributed by atoms with Crippen molar-refractivity contribution >= 4 is 18.4 Å². The predicted octanol–water partition coefficient (Wildman–Crippen LogP) is 5.22. The number of benzene rings is 3. The third kappa shape index (κ3) is 4.87. The van der Waals surface area contributed by atoms with Crippen molar-refractivity contribution in [3.8, 4) is 22.9 Å². The van der Waals surface area contributed by atoms with E-state index in [1.165, 1.54) is 12.1 Å². The molecule has 0 aliphatic rings. The van der Waals surface area contributed by atoms with Gasteiger partial charge in [0.25, 0.3) is 0 Å². The Bertz CT molecular complexity index is 1250. The van der Waals surface area contributed by atoms with E-state index >= 15 is 0 Å². The lowest BCUT2D eigenvalue weighted by Gasteiger charge is -2.11. The Morgan fingerprint density at radius 2 is 1.84 bits per heavy atom. The van der Waals surface area contributed by atoms with Gasteiger partial charge in [0.1, 0.15) is 12.4 Å². The third-order valence-electron chi connectivity index (χ3n) is 4.50. The molecule has 1 aromatic heterocycles. The van der Waals surface area contributed by atoms with Crippen LogP contribution in [0.1, 0.15) is 11.1 Å². The maximum absolute atomic E-state index is 13.0. The van der Waals surface area contributed by atoms with Crippen molar-refractivity contribution in [1.29, 1.82) is 0 Å². The lowest BCUT2D eigenvalue weighted by atomic mass is 10.2. The second-order valence-corrected chi connectivity index (χ2v) is 6.99. The fourth-order valence-electron chi connectivity index (χ4n) is 2.92. The minimum Gasteiger partial charge on any atom is -0.493 e. The van der Waals surface area contributed by atoms with Crippen LogP contribution in [0.15, 0.2) is 77.9 Å². The van der Waals surface area contributed by atoms with Crippen LogP contribution in [-0.4, -0.2) is 28.2 Å². The van der Waals surface area contributed by atoms with Crippen LogP contribution in [0.3, 0.4) is 0 Å². The molecule has 0 atom stereocenters. The second-order valence-electron chi connectivity index (χ2n) is 6.60. The van der Waals surface area contributed by atoms with E-state index in [0.717, 1.165) is 16.7 Å². The van der Waals surface area contributed by atoms with Crippen molar-refractivity contribution < 1.29 is 13.9 Å². The van der Waals surface area contributed by atoms with Crippen LogP contribution < -0.4 is 9.47 Å². The SMILES string of the molecule is COc1cc(/C=N\n2c(-c3ccccc3)n[nH]c2=S)ccc1OCc1ccc(F)cc1. The van der Waals surface area contributed by atoms with Gasteiger partial charge in [-0.1, -0.05) is 42.5 Å². The molecule has 0 saturated heterocycles. The molecular weight excluding hydrogens is 415 g/mol. The Morgan fingerprint density at radius 3 is 2.58 bits per heavy atom. The number of rotatable bonds is 7. The number of aromatic amines is 1. The highest BCUT2D eigenvalue weighted by Crippen LogP contribution is 2.28. The van der Waals surface area contributed by atoms with Crippen molar-refractivity contribution in [1.82, 2.24) is 14.9 Å². The van der Waals surface area contributed by atoms with E-state index in [9.17, 15) is 4.39 Å². The van der Waals surface area contributed by atoms with E-state index in [1.807, 2.05) is 42.5 Å². The first-order valence-corrected chi connectivity index (χ1v) is 9.87. The van der Waals surface area contributed by atoms with E-state index in [0.29, 0.717) is 28.7 Å². The molecule has 8 heteroatoms. The van der Waals surface area contributed by atoms with Crippen molar-refractivity contribution in [3.05, 3.63) is 94.5 Å². The topological polar surface area (TPSA) is 64.4 Å². The molecule has 4 rings (SSSR count). The van der Waals surface area contributed by atoms with Crippen LogP contribution in [0.5, 0.6) is 11.5 Å². The van der Waals surface area contributed by atoms with Crippen molar-refractivity contribution in [2.24, 2.45) is 5.10 Å². The zero-order valence-corrected chi connectivity index (χ0v) is 17.5. The van der Waals surface area contributed by atoms with Gasteiger partial charge in [-0.25, -0.2) is 9.49 Å². The summed E-state index contributed by atoms with van der Waals surface area (Å²) in [6, 6.07) is 21.3. The Kier molecular flexibility index (Phi) is 6.18. The van der Waals surface area contributed by atoms with E-state index < -0.39 is 0 Å². The number of nitrogens with zero attached hydrogens (tertiary/aromatic N) is 3. The maximum Gasteiger partial charge on any atom is 0.216 e. The molecular formula is C23H19FN4O2S. The van der Waals surface area contributed by atoms with E-state index in [-0.39, 0.29) is 5.82 Å². The van der Waals surface area contributed by atoms with Gasteiger partial charge < -0.3 is 9.47 Å². The summed E-state index contributed by atoms with van der Waals surface area (Å²) in [5.74, 6) is 1.48. The highest BCUT2D eigenvalue weighted by Gasteiger charge is 2.09. The summed E-state index contributed by atoms with van der Waals surface area (Å²) in [6.07, 6.45) is 1.67. The summed E-state index contributed by atoms with van der Waals surface area (Å²) in [7, 11) is 1.57. The summed E-state index contributed by atoms with van der Waals surface area (Å²) in [4.78, 5) is 0. The van der Waals surface area contributed by atoms with Crippen LogP contribution >= 0.6 is 12.2 Å². The quantitative estimate of drug-likeness (QED) is 0.320. The lowest BCUT2D eigenvalue weighted by molar-refractivity contribution is 0.284. The number of methoxy groups -OCH3 is 1. The number of nitrogens with one attached hydrogen (secondary N) is 1.